The van der Waals surface area contributed by atoms with Gasteiger partial charge in [-0.15, -0.1) is 0 Å². The minimum absolute atomic E-state index is 0.173. The first-order valence-corrected chi connectivity index (χ1v) is 10.4. The number of rotatable bonds is 2. The molecule has 0 heterocycles. The van der Waals surface area contributed by atoms with Gasteiger partial charge in [-0.3, -0.25) is 0 Å². The van der Waals surface area contributed by atoms with Crippen LogP contribution in [0.5, 0.6) is 0 Å². The summed E-state index contributed by atoms with van der Waals surface area (Å²) in [5, 5.41) is 2.60. The van der Waals surface area contributed by atoms with Gasteiger partial charge in [0, 0.05) is 5.92 Å². The van der Waals surface area contributed by atoms with E-state index in [1.54, 1.807) is 0 Å². The first-order chi connectivity index (χ1) is 14.0. The van der Waals surface area contributed by atoms with E-state index in [4.69, 9.17) is 0 Å². The molecule has 0 nitrogen and oxygen atoms in total. The van der Waals surface area contributed by atoms with Crippen LogP contribution in [0.2, 0.25) is 0 Å². The molecule has 29 heavy (non-hydrogen) atoms. The average molecular weight is 375 g/mol. The minimum Gasteiger partial charge on any atom is -0.0720 e. The van der Waals surface area contributed by atoms with Crippen LogP contribution in [-0.4, -0.2) is 0 Å². The molecule has 0 fully saturated rings. The van der Waals surface area contributed by atoms with Gasteiger partial charge in [-0.25, -0.2) is 0 Å². The second-order valence-corrected chi connectivity index (χ2v) is 9.08. The van der Waals surface area contributed by atoms with Crippen LogP contribution in [0.4, 0.5) is 0 Å². The molecule has 0 spiro atoms. The van der Waals surface area contributed by atoms with Crippen molar-refractivity contribution in [2.75, 3.05) is 0 Å². The third kappa shape index (κ3) is 3.19. The Morgan fingerprint density at radius 3 is 2.21 bits per heavy atom. The first-order valence-electron chi connectivity index (χ1n) is 10.4. The van der Waals surface area contributed by atoms with Crippen LogP contribution >= 0.6 is 0 Å². The van der Waals surface area contributed by atoms with Crippen molar-refractivity contribution in [3.8, 4) is 11.1 Å². The Morgan fingerprint density at radius 2 is 1.45 bits per heavy atom. The Bertz CT molecular complexity index is 1220. The normalized spacial score (nSPS) is 15.6. The molecule has 0 N–H and O–H groups in total. The third-order valence-electron chi connectivity index (χ3n) is 6.11. The van der Waals surface area contributed by atoms with Crippen LogP contribution in [-0.2, 0) is 5.41 Å². The largest absolute Gasteiger partial charge is 0.0720 e. The molecule has 0 aromatic heterocycles. The quantitative estimate of drug-likeness (QED) is 0.334. The first kappa shape index (κ1) is 17.9. The predicted molar refractivity (Wildman–Crippen MR) is 125 cm³/mol. The van der Waals surface area contributed by atoms with Crippen LogP contribution in [0.25, 0.3) is 28.0 Å². The van der Waals surface area contributed by atoms with Gasteiger partial charge in [0.15, 0.2) is 0 Å². The van der Waals surface area contributed by atoms with Gasteiger partial charge < -0.3 is 0 Å². The van der Waals surface area contributed by atoms with Gasteiger partial charge in [0.2, 0.25) is 0 Å². The van der Waals surface area contributed by atoms with Gasteiger partial charge in [-0.05, 0) is 49.6 Å². The summed E-state index contributed by atoms with van der Waals surface area (Å²) >= 11 is 0. The van der Waals surface area contributed by atoms with Gasteiger partial charge in [-0.2, -0.15) is 0 Å². The van der Waals surface area contributed by atoms with Crippen molar-refractivity contribution in [3.63, 3.8) is 0 Å². The monoisotopic (exact) mass is 374 g/mol. The highest BCUT2D eigenvalue weighted by molar-refractivity contribution is 5.85. The van der Waals surface area contributed by atoms with Crippen molar-refractivity contribution in [1.29, 1.82) is 0 Å². The van der Waals surface area contributed by atoms with E-state index < -0.39 is 0 Å². The molecule has 4 aromatic carbocycles. The Kier molecular flexibility index (Phi) is 4.17. The highest BCUT2D eigenvalue weighted by atomic mass is 14.3. The molecule has 0 radical (unpaired) electrons. The minimum atomic E-state index is 0.173. The highest BCUT2D eigenvalue weighted by Gasteiger charge is 2.23. The predicted octanol–water partition coefficient (Wildman–Crippen LogP) is 7.96. The Hall–Kier alpha value is -3.12. The van der Waals surface area contributed by atoms with Crippen LogP contribution < -0.4 is 0 Å². The molecule has 0 heteroatoms. The Labute approximate surface area is 173 Å². The number of hydrogen-bond acceptors (Lipinski definition) is 0. The van der Waals surface area contributed by atoms with E-state index >= 15 is 0 Å². The van der Waals surface area contributed by atoms with Gasteiger partial charge >= 0.3 is 0 Å². The van der Waals surface area contributed by atoms with Crippen molar-refractivity contribution < 1.29 is 0 Å². The zero-order chi connectivity index (χ0) is 20.0. The summed E-state index contributed by atoms with van der Waals surface area (Å²) in [6.07, 6.45) is 4.63. The van der Waals surface area contributed by atoms with Gasteiger partial charge in [0.05, 0.1) is 0 Å². The lowest BCUT2D eigenvalue weighted by Crippen LogP contribution is -2.10. The zero-order valence-corrected chi connectivity index (χ0v) is 17.3. The molecule has 5 rings (SSSR count). The van der Waals surface area contributed by atoms with Crippen molar-refractivity contribution in [2.45, 2.75) is 32.1 Å². The molecule has 0 saturated heterocycles. The maximum atomic E-state index is 2.35. The third-order valence-corrected chi connectivity index (χ3v) is 6.11. The standard InChI is InChI=1S/C29H26/c1-29(2,3)25-16-13-21(14-17-25)26-10-6-9-22-15-18-27(28(22)26)24-12-11-20-7-4-5-8-23(20)19-24/h4-19,27H,1-3H3. The summed E-state index contributed by atoms with van der Waals surface area (Å²) in [4.78, 5) is 0. The van der Waals surface area contributed by atoms with E-state index in [1.807, 2.05) is 0 Å². The maximum Gasteiger partial charge on any atom is 0.0285 e. The molecular weight excluding hydrogens is 348 g/mol. The lowest BCUT2D eigenvalue weighted by molar-refractivity contribution is 0.590. The summed E-state index contributed by atoms with van der Waals surface area (Å²) < 4.78 is 0. The molecule has 0 bridgehead atoms. The summed E-state index contributed by atoms with van der Waals surface area (Å²) in [6.45, 7) is 6.80. The van der Waals surface area contributed by atoms with Crippen molar-refractivity contribution in [2.24, 2.45) is 0 Å². The SMILES string of the molecule is CC(C)(C)c1ccc(-c2cccc3c2C(c2ccc4ccccc4c2)C=C3)cc1. The second kappa shape index (κ2) is 6.74. The summed E-state index contributed by atoms with van der Waals surface area (Å²) in [5.74, 6) is 0.299. The molecule has 0 amide bonds. The number of allylic oxidation sites excluding steroid dienone is 1. The average Bonchev–Trinajstić information content (AvgIpc) is 3.17. The fourth-order valence-corrected chi connectivity index (χ4v) is 4.45. The van der Waals surface area contributed by atoms with Crippen LogP contribution in [0, 0.1) is 0 Å². The Balaban J connectivity index is 1.60. The molecule has 1 unspecified atom stereocenters. The summed E-state index contributed by atoms with van der Waals surface area (Å²) in [5.41, 5.74) is 8.30. The Morgan fingerprint density at radius 1 is 0.690 bits per heavy atom. The number of hydrogen-bond donors (Lipinski definition) is 0. The molecular formula is C29H26. The van der Waals surface area contributed by atoms with E-state index in [0.717, 1.165) is 0 Å². The highest BCUT2D eigenvalue weighted by Crippen LogP contribution is 2.42. The molecule has 0 saturated carbocycles. The van der Waals surface area contributed by atoms with Gasteiger partial charge in [-0.1, -0.05) is 118 Å². The van der Waals surface area contributed by atoms with Gasteiger partial charge in [0.1, 0.15) is 0 Å². The maximum absolute atomic E-state index is 2.35. The molecule has 1 aliphatic carbocycles. The van der Waals surface area contributed by atoms with E-state index in [-0.39, 0.29) is 5.41 Å². The fourth-order valence-electron chi connectivity index (χ4n) is 4.45. The molecule has 1 atom stereocenters. The zero-order valence-electron chi connectivity index (χ0n) is 17.3. The van der Waals surface area contributed by atoms with Gasteiger partial charge in [0.25, 0.3) is 0 Å². The van der Waals surface area contributed by atoms with E-state index in [0.29, 0.717) is 5.92 Å². The summed E-state index contributed by atoms with van der Waals surface area (Å²) in [7, 11) is 0. The van der Waals surface area contributed by atoms with Crippen LogP contribution in [0.15, 0.2) is 91.0 Å². The number of fused-ring (bicyclic) bond motifs is 2. The fraction of sp³-hybridized carbons (Fsp3) is 0.172. The van der Waals surface area contributed by atoms with Crippen molar-refractivity contribution >= 4 is 16.8 Å². The lowest BCUT2D eigenvalue weighted by atomic mass is 9.84. The molecule has 4 aromatic rings. The van der Waals surface area contributed by atoms with E-state index in [9.17, 15) is 0 Å². The molecule has 1 aliphatic rings. The van der Waals surface area contributed by atoms with E-state index in [2.05, 4.69) is 118 Å². The lowest BCUT2D eigenvalue weighted by Gasteiger charge is -2.21. The van der Waals surface area contributed by atoms with Crippen molar-refractivity contribution in [3.05, 3.63) is 113 Å². The second-order valence-electron chi connectivity index (χ2n) is 9.08. The van der Waals surface area contributed by atoms with Crippen LogP contribution in [0.3, 0.4) is 0 Å². The molecule has 0 aliphatic heterocycles. The van der Waals surface area contributed by atoms with Crippen LogP contribution in [0.1, 0.15) is 48.9 Å². The topological polar surface area (TPSA) is 0 Å². The molecule has 142 valence electrons. The summed E-state index contributed by atoms with van der Waals surface area (Å²) in [6, 6.07) is 31.3. The number of benzene rings is 4. The van der Waals surface area contributed by atoms with Crippen molar-refractivity contribution in [1.82, 2.24) is 0 Å². The smallest absolute Gasteiger partial charge is 0.0285 e. The van der Waals surface area contributed by atoms with E-state index in [1.165, 1.54) is 44.2 Å².